The molecule has 6 nitrogen and oxygen atoms in total. The van der Waals surface area contributed by atoms with Crippen LogP contribution in [0.5, 0.6) is 0 Å². The second-order valence-corrected chi connectivity index (χ2v) is 5.80. The van der Waals surface area contributed by atoms with Crippen molar-refractivity contribution in [1.29, 1.82) is 0 Å². The number of carbonyl (C=O) groups excluding carboxylic acids is 2. The molecule has 0 radical (unpaired) electrons. The summed E-state index contributed by atoms with van der Waals surface area (Å²) in [5.41, 5.74) is -0.136. The van der Waals surface area contributed by atoms with Crippen LogP contribution in [0.1, 0.15) is 17.4 Å². The SMILES string of the molecule is CNC(=O)C1(C)CN(C(=O)c2cc3ccc(F)cc3[nH]2)CCO1. The summed E-state index contributed by atoms with van der Waals surface area (Å²) >= 11 is 0. The number of nitrogens with one attached hydrogen (secondary N) is 2. The minimum atomic E-state index is -1.07. The fourth-order valence-corrected chi connectivity index (χ4v) is 2.83. The molecule has 122 valence electrons. The van der Waals surface area contributed by atoms with Gasteiger partial charge in [0.25, 0.3) is 11.8 Å². The Morgan fingerprint density at radius 2 is 2.17 bits per heavy atom. The molecule has 1 saturated heterocycles. The highest BCUT2D eigenvalue weighted by atomic mass is 19.1. The van der Waals surface area contributed by atoms with E-state index in [1.54, 1.807) is 24.0 Å². The number of nitrogens with zero attached hydrogens (tertiary/aromatic N) is 1. The second-order valence-electron chi connectivity index (χ2n) is 5.80. The second kappa shape index (κ2) is 5.66. The van der Waals surface area contributed by atoms with E-state index in [1.807, 2.05) is 0 Å². The number of rotatable bonds is 2. The van der Waals surface area contributed by atoms with Gasteiger partial charge in [-0.2, -0.15) is 0 Å². The molecule has 1 aliphatic rings. The molecule has 2 heterocycles. The van der Waals surface area contributed by atoms with Gasteiger partial charge in [0.15, 0.2) is 5.60 Å². The quantitative estimate of drug-likeness (QED) is 0.876. The summed E-state index contributed by atoms with van der Waals surface area (Å²) < 4.78 is 18.8. The number of H-pyrrole nitrogens is 1. The summed E-state index contributed by atoms with van der Waals surface area (Å²) in [4.78, 5) is 29.1. The first kappa shape index (κ1) is 15.5. The number of likely N-dealkylation sites (N-methyl/N-ethyl adjacent to an activating group) is 1. The summed E-state index contributed by atoms with van der Waals surface area (Å²) in [6.45, 7) is 2.50. The lowest BCUT2D eigenvalue weighted by Gasteiger charge is -2.38. The first-order valence-corrected chi connectivity index (χ1v) is 7.37. The van der Waals surface area contributed by atoms with Crippen LogP contribution in [-0.4, -0.2) is 54.0 Å². The number of amides is 2. The lowest BCUT2D eigenvalue weighted by molar-refractivity contribution is -0.153. The topological polar surface area (TPSA) is 74.4 Å². The molecule has 2 N–H and O–H groups in total. The van der Waals surface area contributed by atoms with Crippen LogP contribution >= 0.6 is 0 Å². The number of morpholine rings is 1. The lowest BCUT2D eigenvalue weighted by Crippen LogP contribution is -2.58. The van der Waals surface area contributed by atoms with Crippen LogP contribution < -0.4 is 5.32 Å². The maximum absolute atomic E-state index is 13.3. The van der Waals surface area contributed by atoms with Crippen molar-refractivity contribution in [2.75, 3.05) is 26.7 Å². The Morgan fingerprint density at radius 3 is 2.91 bits per heavy atom. The van der Waals surface area contributed by atoms with Crippen LogP contribution in [0.3, 0.4) is 0 Å². The molecule has 23 heavy (non-hydrogen) atoms. The van der Waals surface area contributed by atoms with Gasteiger partial charge in [-0.25, -0.2) is 4.39 Å². The maximum atomic E-state index is 13.3. The molecule has 1 unspecified atom stereocenters. The Morgan fingerprint density at radius 1 is 1.39 bits per heavy atom. The highest BCUT2D eigenvalue weighted by Gasteiger charge is 2.40. The van der Waals surface area contributed by atoms with Gasteiger partial charge in [0, 0.05) is 24.5 Å². The number of hydrogen-bond donors (Lipinski definition) is 2. The molecule has 2 aromatic rings. The van der Waals surface area contributed by atoms with E-state index in [0.29, 0.717) is 17.8 Å². The molecule has 0 aliphatic carbocycles. The van der Waals surface area contributed by atoms with Crippen LogP contribution in [0.4, 0.5) is 4.39 Å². The van der Waals surface area contributed by atoms with Gasteiger partial charge in [-0.15, -0.1) is 0 Å². The van der Waals surface area contributed by atoms with Gasteiger partial charge >= 0.3 is 0 Å². The normalized spacial score (nSPS) is 21.4. The molecule has 0 spiro atoms. The predicted octanol–water partition coefficient (Wildman–Crippen LogP) is 1.28. The van der Waals surface area contributed by atoms with Crippen molar-refractivity contribution in [2.24, 2.45) is 0 Å². The van der Waals surface area contributed by atoms with Gasteiger partial charge in [0.1, 0.15) is 11.5 Å². The molecule has 0 bridgehead atoms. The summed E-state index contributed by atoms with van der Waals surface area (Å²) in [5.74, 6) is -0.870. The van der Waals surface area contributed by atoms with E-state index < -0.39 is 5.60 Å². The highest BCUT2D eigenvalue weighted by Crippen LogP contribution is 2.22. The third-order valence-electron chi connectivity index (χ3n) is 4.08. The van der Waals surface area contributed by atoms with E-state index in [0.717, 1.165) is 5.39 Å². The van der Waals surface area contributed by atoms with Crippen LogP contribution in [-0.2, 0) is 9.53 Å². The van der Waals surface area contributed by atoms with Crippen LogP contribution in [0.25, 0.3) is 10.9 Å². The van der Waals surface area contributed by atoms with Crippen molar-refractivity contribution >= 4 is 22.7 Å². The van der Waals surface area contributed by atoms with Crippen molar-refractivity contribution < 1.29 is 18.7 Å². The number of benzene rings is 1. The number of fused-ring (bicyclic) bond motifs is 1. The van der Waals surface area contributed by atoms with Crippen molar-refractivity contribution in [2.45, 2.75) is 12.5 Å². The van der Waals surface area contributed by atoms with Crippen molar-refractivity contribution in [3.8, 4) is 0 Å². The number of halogens is 1. The van der Waals surface area contributed by atoms with Crippen LogP contribution in [0.15, 0.2) is 24.3 Å². The van der Waals surface area contributed by atoms with Gasteiger partial charge in [-0.1, -0.05) is 0 Å². The summed E-state index contributed by atoms with van der Waals surface area (Å²) in [6.07, 6.45) is 0. The van der Waals surface area contributed by atoms with Gasteiger partial charge in [0.2, 0.25) is 0 Å². The number of hydrogen-bond acceptors (Lipinski definition) is 3. The number of carbonyl (C=O) groups is 2. The van der Waals surface area contributed by atoms with Gasteiger partial charge < -0.3 is 19.9 Å². The Labute approximate surface area is 132 Å². The molecule has 1 aliphatic heterocycles. The minimum absolute atomic E-state index is 0.162. The summed E-state index contributed by atoms with van der Waals surface area (Å²) in [6, 6.07) is 6.00. The smallest absolute Gasteiger partial charge is 0.270 e. The summed E-state index contributed by atoms with van der Waals surface area (Å²) in [7, 11) is 1.53. The molecule has 1 atom stereocenters. The highest BCUT2D eigenvalue weighted by molar-refractivity contribution is 5.98. The molecular formula is C16H18FN3O3. The minimum Gasteiger partial charge on any atom is -0.362 e. The largest absolute Gasteiger partial charge is 0.362 e. The number of aromatic nitrogens is 1. The third-order valence-corrected chi connectivity index (χ3v) is 4.08. The standard InChI is InChI=1S/C16H18FN3O3/c1-16(15(22)18-2)9-20(5-6-23-16)14(21)13-7-10-3-4-11(17)8-12(10)19-13/h3-4,7-8,19H,5-6,9H2,1-2H3,(H,18,22). The van der Waals surface area contributed by atoms with Crippen LogP contribution in [0, 0.1) is 5.82 Å². The van der Waals surface area contributed by atoms with E-state index in [-0.39, 0.29) is 30.8 Å². The fourth-order valence-electron chi connectivity index (χ4n) is 2.83. The molecule has 3 rings (SSSR count). The van der Waals surface area contributed by atoms with E-state index in [1.165, 1.54) is 19.2 Å². The zero-order valence-electron chi connectivity index (χ0n) is 13.0. The first-order valence-electron chi connectivity index (χ1n) is 7.37. The zero-order chi connectivity index (χ0) is 16.6. The van der Waals surface area contributed by atoms with E-state index in [4.69, 9.17) is 4.74 Å². The van der Waals surface area contributed by atoms with Gasteiger partial charge in [-0.3, -0.25) is 9.59 Å². The van der Waals surface area contributed by atoms with Crippen molar-refractivity contribution in [1.82, 2.24) is 15.2 Å². The van der Waals surface area contributed by atoms with E-state index in [9.17, 15) is 14.0 Å². The van der Waals surface area contributed by atoms with E-state index >= 15 is 0 Å². The molecule has 1 aromatic heterocycles. The number of ether oxygens (including phenoxy) is 1. The molecule has 0 saturated carbocycles. The first-order chi connectivity index (χ1) is 10.9. The molecular weight excluding hydrogens is 301 g/mol. The Kier molecular flexibility index (Phi) is 3.81. The molecule has 7 heteroatoms. The Hall–Kier alpha value is -2.41. The van der Waals surface area contributed by atoms with Crippen LogP contribution in [0.2, 0.25) is 0 Å². The number of aromatic amines is 1. The van der Waals surface area contributed by atoms with Crippen molar-refractivity contribution in [3.05, 3.63) is 35.8 Å². The van der Waals surface area contributed by atoms with Gasteiger partial charge in [-0.05, 0) is 31.2 Å². The molecule has 2 amide bonds. The Bertz CT molecular complexity index is 773. The average Bonchev–Trinajstić information content (AvgIpc) is 2.96. The fraction of sp³-hybridized carbons (Fsp3) is 0.375. The maximum Gasteiger partial charge on any atom is 0.270 e. The summed E-state index contributed by atoms with van der Waals surface area (Å²) in [5, 5.41) is 3.31. The monoisotopic (exact) mass is 319 g/mol. The molecule has 1 fully saturated rings. The third kappa shape index (κ3) is 2.79. The zero-order valence-corrected chi connectivity index (χ0v) is 13.0. The predicted molar refractivity (Wildman–Crippen MR) is 82.6 cm³/mol. The van der Waals surface area contributed by atoms with Crippen molar-refractivity contribution in [3.63, 3.8) is 0 Å². The Balaban J connectivity index is 1.85. The molecule has 1 aromatic carbocycles. The lowest BCUT2D eigenvalue weighted by atomic mass is 10.0. The van der Waals surface area contributed by atoms with Gasteiger partial charge in [0.05, 0.1) is 13.2 Å². The van der Waals surface area contributed by atoms with E-state index in [2.05, 4.69) is 10.3 Å². The average molecular weight is 319 g/mol.